The molecule has 0 unspecified atom stereocenters. The molecule has 0 atom stereocenters. The quantitative estimate of drug-likeness (QED) is 0.729. The van der Waals surface area contributed by atoms with Crippen LogP contribution in [0, 0.1) is 0 Å². The summed E-state index contributed by atoms with van der Waals surface area (Å²) in [5.74, 6) is 0.691. The number of hydrogen-bond acceptors (Lipinski definition) is 4. The Kier molecular flexibility index (Phi) is 2.49. The van der Waals surface area contributed by atoms with E-state index in [0.29, 0.717) is 24.5 Å². The molecule has 15 heavy (non-hydrogen) atoms. The van der Waals surface area contributed by atoms with Gasteiger partial charge in [-0.2, -0.15) is 9.97 Å². The molecule has 2 heterocycles. The number of aromatic amines is 1. The van der Waals surface area contributed by atoms with Crippen molar-refractivity contribution < 1.29 is 9.53 Å². The van der Waals surface area contributed by atoms with E-state index in [2.05, 4.69) is 20.3 Å². The van der Waals surface area contributed by atoms with Gasteiger partial charge in [-0.25, -0.2) is 0 Å². The molecule has 0 aromatic carbocycles. The van der Waals surface area contributed by atoms with Crippen molar-refractivity contribution in [3.63, 3.8) is 0 Å². The van der Waals surface area contributed by atoms with Crippen molar-refractivity contribution in [3.8, 4) is 5.88 Å². The Hall–Kier alpha value is -2.11. The third-order valence-electron chi connectivity index (χ3n) is 1.85. The molecule has 6 heteroatoms. The number of carbonyl (C=O) groups is 1. The molecule has 78 valence electrons. The SMILES string of the molecule is CCOc1nc(NC=O)nc2[nH]ccc12. The van der Waals surface area contributed by atoms with Gasteiger partial charge in [0.1, 0.15) is 5.65 Å². The van der Waals surface area contributed by atoms with E-state index in [0.717, 1.165) is 5.39 Å². The molecular weight excluding hydrogens is 196 g/mol. The van der Waals surface area contributed by atoms with Crippen molar-refractivity contribution in [1.82, 2.24) is 15.0 Å². The summed E-state index contributed by atoms with van der Waals surface area (Å²) in [6.07, 6.45) is 2.27. The lowest BCUT2D eigenvalue weighted by Gasteiger charge is -2.04. The minimum absolute atomic E-state index is 0.225. The number of hydrogen-bond donors (Lipinski definition) is 2. The number of rotatable bonds is 4. The highest BCUT2D eigenvalue weighted by molar-refractivity contribution is 5.83. The molecule has 2 rings (SSSR count). The number of ether oxygens (including phenoxy) is 1. The first-order valence-electron chi connectivity index (χ1n) is 4.53. The smallest absolute Gasteiger partial charge is 0.234 e. The molecule has 2 aromatic heterocycles. The molecule has 2 N–H and O–H groups in total. The van der Waals surface area contributed by atoms with Gasteiger partial charge in [0.15, 0.2) is 0 Å². The topological polar surface area (TPSA) is 79.9 Å². The fraction of sp³-hybridized carbons (Fsp3) is 0.222. The summed E-state index contributed by atoms with van der Waals surface area (Å²) in [5.41, 5.74) is 0.637. The van der Waals surface area contributed by atoms with Crippen LogP contribution in [0.4, 0.5) is 5.95 Å². The molecule has 0 bridgehead atoms. The standard InChI is InChI=1S/C9H10N4O2/c1-2-15-8-6-3-4-10-7(6)12-9(13-8)11-5-14/h3-5H,2H2,1H3,(H2,10,11,12,13,14). The van der Waals surface area contributed by atoms with Gasteiger partial charge in [-0.3, -0.25) is 10.1 Å². The molecule has 0 aliphatic heterocycles. The monoisotopic (exact) mass is 206 g/mol. The zero-order valence-electron chi connectivity index (χ0n) is 8.15. The molecule has 0 fully saturated rings. The highest BCUT2D eigenvalue weighted by Crippen LogP contribution is 2.22. The van der Waals surface area contributed by atoms with Gasteiger partial charge >= 0.3 is 0 Å². The van der Waals surface area contributed by atoms with Crippen LogP contribution in [-0.2, 0) is 4.79 Å². The number of aromatic nitrogens is 3. The van der Waals surface area contributed by atoms with E-state index in [9.17, 15) is 4.79 Å². The average molecular weight is 206 g/mol. The molecule has 0 aliphatic carbocycles. The van der Waals surface area contributed by atoms with Crippen molar-refractivity contribution in [2.75, 3.05) is 11.9 Å². The van der Waals surface area contributed by atoms with E-state index < -0.39 is 0 Å². The maximum Gasteiger partial charge on any atom is 0.234 e. The van der Waals surface area contributed by atoms with Gasteiger partial charge in [-0.15, -0.1) is 0 Å². The van der Waals surface area contributed by atoms with E-state index in [4.69, 9.17) is 4.74 Å². The lowest BCUT2D eigenvalue weighted by Crippen LogP contribution is -2.03. The fourth-order valence-corrected chi connectivity index (χ4v) is 1.28. The largest absolute Gasteiger partial charge is 0.477 e. The molecule has 0 saturated heterocycles. The first kappa shape index (κ1) is 9.45. The second kappa shape index (κ2) is 3.95. The molecule has 2 aromatic rings. The van der Waals surface area contributed by atoms with Gasteiger partial charge in [0.05, 0.1) is 12.0 Å². The van der Waals surface area contributed by atoms with Gasteiger partial charge in [0.2, 0.25) is 18.2 Å². The Morgan fingerprint density at radius 2 is 2.47 bits per heavy atom. The highest BCUT2D eigenvalue weighted by Gasteiger charge is 2.08. The van der Waals surface area contributed by atoms with Crippen LogP contribution >= 0.6 is 0 Å². The maximum absolute atomic E-state index is 10.3. The number of nitrogens with zero attached hydrogens (tertiary/aromatic N) is 2. The van der Waals surface area contributed by atoms with Crippen molar-refractivity contribution in [1.29, 1.82) is 0 Å². The van der Waals surface area contributed by atoms with Crippen LogP contribution in [-0.4, -0.2) is 28.0 Å². The Labute approximate surface area is 85.7 Å². The number of fused-ring (bicyclic) bond motifs is 1. The van der Waals surface area contributed by atoms with Gasteiger partial charge in [-0.05, 0) is 13.0 Å². The van der Waals surface area contributed by atoms with Gasteiger partial charge in [-0.1, -0.05) is 0 Å². The van der Waals surface area contributed by atoms with E-state index in [1.54, 1.807) is 6.20 Å². The Morgan fingerprint density at radius 3 is 3.20 bits per heavy atom. The van der Waals surface area contributed by atoms with Crippen LogP contribution < -0.4 is 10.1 Å². The summed E-state index contributed by atoms with van der Waals surface area (Å²) >= 11 is 0. The number of carbonyl (C=O) groups excluding carboxylic acids is 1. The number of anilines is 1. The number of H-pyrrole nitrogens is 1. The normalized spacial score (nSPS) is 10.2. The Morgan fingerprint density at radius 1 is 1.60 bits per heavy atom. The maximum atomic E-state index is 10.3. The average Bonchev–Trinajstić information content (AvgIpc) is 2.67. The zero-order valence-corrected chi connectivity index (χ0v) is 8.15. The van der Waals surface area contributed by atoms with Crippen LogP contribution in [0.2, 0.25) is 0 Å². The van der Waals surface area contributed by atoms with Crippen molar-refractivity contribution >= 4 is 23.4 Å². The van der Waals surface area contributed by atoms with E-state index in [1.165, 1.54) is 0 Å². The fourth-order valence-electron chi connectivity index (χ4n) is 1.28. The van der Waals surface area contributed by atoms with Crippen molar-refractivity contribution in [2.45, 2.75) is 6.92 Å². The van der Waals surface area contributed by atoms with Crippen molar-refractivity contribution in [3.05, 3.63) is 12.3 Å². The molecule has 0 aliphatic rings. The second-order valence-electron chi connectivity index (χ2n) is 2.79. The van der Waals surface area contributed by atoms with E-state index in [1.807, 2.05) is 13.0 Å². The second-order valence-corrected chi connectivity index (χ2v) is 2.79. The minimum Gasteiger partial charge on any atom is -0.477 e. The summed E-state index contributed by atoms with van der Waals surface area (Å²) < 4.78 is 5.34. The summed E-state index contributed by atoms with van der Waals surface area (Å²) in [6, 6.07) is 1.82. The lowest BCUT2D eigenvalue weighted by atomic mass is 10.4. The van der Waals surface area contributed by atoms with Crippen LogP contribution in [0.3, 0.4) is 0 Å². The molecule has 0 spiro atoms. The summed E-state index contributed by atoms with van der Waals surface area (Å²) in [6.45, 7) is 2.38. The third-order valence-corrected chi connectivity index (χ3v) is 1.85. The molecule has 6 nitrogen and oxygen atoms in total. The first-order chi connectivity index (χ1) is 7.35. The summed E-state index contributed by atoms with van der Waals surface area (Å²) in [5, 5.41) is 3.18. The predicted octanol–water partition coefficient (Wildman–Crippen LogP) is 0.925. The minimum atomic E-state index is 0.225. The molecular formula is C9H10N4O2. The van der Waals surface area contributed by atoms with E-state index in [-0.39, 0.29) is 5.95 Å². The zero-order chi connectivity index (χ0) is 10.7. The first-order valence-corrected chi connectivity index (χ1v) is 4.53. The van der Waals surface area contributed by atoms with Gasteiger partial charge in [0.25, 0.3) is 0 Å². The van der Waals surface area contributed by atoms with Crippen LogP contribution in [0.5, 0.6) is 5.88 Å². The Bertz CT molecular complexity index is 480. The lowest BCUT2D eigenvalue weighted by molar-refractivity contribution is -0.105. The Balaban J connectivity index is 2.52. The summed E-state index contributed by atoms with van der Waals surface area (Å²) in [7, 11) is 0. The third kappa shape index (κ3) is 1.74. The van der Waals surface area contributed by atoms with Crippen LogP contribution in [0.15, 0.2) is 12.3 Å². The van der Waals surface area contributed by atoms with Crippen molar-refractivity contribution in [2.24, 2.45) is 0 Å². The van der Waals surface area contributed by atoms with Gasteiger partial charge in [0, 0.05) is 6.20 Å². The van der Waals surface area contributed by atoms with Crippen LogP contribution in [0.25, 0.3) is 11.0 Å². The van der Waals surface area contributed by atoms with Gasteiger partial charge < -0.3 is 9.72 Å². The summed E-state index contributed by atoms with van der Waals surface area (Å²) in [4.78, 5) is 21.3. The number of amides is 1. The molecule has 1 amide bonds. The van der Waals surface area contributed by atoms with Crippen LogP contribution in [0.1, 0.15) is 6.92 Å². The van der Waals surface area contributed by atoms with E-state index >= 15 is 0 Å². The highest BCUT2D eigenvalue weighted by atomic mass is 16.5. The molecule has 0 radical (unpaired) electrons. The number of nitrogens with one attached hydrogen (secondary N) is 2. The predicted molar refractivity (Wildman–Crippen MR) is 54.7 cm³/mol. The molecule has 0 saturated carbocycles.